The van der Waals surface area contributed by atoms with Gasteiger partial charge >= 0.3 is 0 Å². The van der Waals surface area contributed by atoms with Gasteiger partial charge in [-0.1, -0.05) is 18.2 Å². The van der Waals surface area contributed by atoms with Crippen LogP contribution in [0.1, 0.15) is 28.2 Å². The van der Waals surface area contributed by atoms with Crippen LogP contribution in [-0.2, 0) is 24.4 Å². The number of para-hydroxylation sites is 1. The smallest absolute Gasteiger partial charge is 0.257 e. The lowest BCUT2D eigenvalue weighted by molar-refractivity contribution is -0.116. The minimum absolute atomic E-state index is 0.00150. The number of amides is 1. The van der Waals surface area contributed by atoms with Gasteiger partial charge < -0.3 is 19.9 Å². The van der Waals surface area contributed by atoms with Crippen LogP contribution in [0.3, 0.4) is 0 Å². The second kappa shape index (κ2) is 10.8. The molecule has 3 aromatic rings. The average Bonchev–Trinajstić information content (AvgIpc) is 2.80. The third-order valence-electron chi connectivity index (χ3n) is 5.38. The van der Waals surface area contributed by atoms with Crippen molar-refractivity contribution in [3.8, 4) is 11.5 Å². The largest absolute Gasteiger partial charge is 0.497 e. The molecule has 0 fully saturated rings. The highest BCUT2D eigenvalue weighted by Gasteiger charge is 2.18. The number of benzene rings is 2. The summed E-state index contributed by atoms with van der Waals surface area (Å²) < 4.78 is 12.3. The van der Waals surface area contributed by atoms with Crippen molar-refractivity contribution < 1.29 is 19.4 Å². The topological polar surface area (TPSA) is 103 Å². The summed E-state index contributed by atoms with van der Waals surface area (Å²) >= 11 is 0. The van der Waals surface area contributed by atoms with Crippen molar-refractivity contribution in [3.05, 3.63) is 81.0 Å². The summed E-state index contributed by atoms with van der Waals surface area (Å²) in [5, 5.41) is 12.3. The highest BCUT2D eigenvalue weighted by Crippen LogP contribution is 2.20. The van der Waals surface area contributed by atoms with Crippen molar-refractivity contribution in [1.82, 2.24) is 9.55 Å². The molecule has 3 rings (SSSR count). The number of methoxy groups -OCH3 is 1. The third-order valence-corrected chi connectivity index (χ3v) is 5.38. The first-order valence-corrected chi connectivity index (χ1v) is 10.7. The Morgan fingerprint density at radius 3 is 2.30 bits per heavy atom. The number of nitrogens with one attached hydrogen (secondary N) is 1. The molecule has 2 aromatic carbocycles. The highest BCUT2D eigenvalue weighted by atomic mass is 16.5. The number of carbonyl (C=O) groups is 1. The zero-order valence-electron chi connectivity index (χ0n) is 19.3. The van der Waals surface area contributed by atoms with Crippen molar-refractivity contribution in [2.45, 2.75) is 40.3 Å². The molecule has 1 amide bonds. The number of aliphatic hydroxyl groups is 1. The van der Waals surface area contributed by atoms with Gasteiger partial charge in [0.25, 0.3) is 5.56 Å². The second-order valence-corrected chi connectivity index (χ2v) is 7.74. The van der Waals surface area contributed by atoms with Gasteiger partial charge in [-0.2, -0.15) is 0 Å². The molecule has 0 radical (unpaired) electrons. The van der Waals surface area contributed by atoms with Crippen molar-refractivity contribution in [2.75, 3.05) is 19.0 Å². The molecule has 0 aliphatic carbocycles. The van der Waals surface area contributed by atoms with Gasteiger partial charge in [0.1, 0.15) is 30.5 Å². The maximum Gasteiger partial charge on any atom is 0.257 e. The Kier molecular flexibility index (Phi) is 7.84. The van der Waals surface area contributed by atoms with Crippen LogP contribution in [0.4, 0.5) is 5.69 Å². The van der Waals surface area contributed by atoms with Gasteiger partial charge in [-0.25, -0.2) is 4.98 Å². The minimum atomic E-state index is -0.360. The number of anilines is 1. The number of aliphatic hydroxyl groups excluding tert-OH is 1. The van der Waals surface area contributed by atoms with Crippen LogP contribution in [0, 0.1) is 20.8 Å². The number of ether oxygens (including phenoxy) is 2. The Hall–Kier alpha value is -3.65. The molecule has 0 aliphatic heterocycles. The molecule has 8 heteroatoms. The predicted molar refractivity (Wildman–Crippen MR) is 126 cm³/mol. The molecule has 0 aliphatic rings. The molecule has 174 valence electrons. The predicted octanol–water partition coefficient (Wildman–Crippen LogP) is 2.93. The first kappa shape index (κ1) is 24.0. The first-order chi connectivity index (χ1) is 15.8. The zero-order valence-corrected chi connectivity index (χ0v) is 19.3. The number of aryl methyl sites for hydroxylation is 3. The van der Waals surface area contributed by atoms with Gasteiger partial charge in [0, 0.05) is 30.0 Å². The molecule has 1 heterocycles. The Bertz CT molecular complexity index is 1170. The summed E-state index contributed by atoms with van der Waals surface area (Å²) in [6.45, 7) is 5.13. The second-order valence-electron chi connectivity index (χ2n) is 7.74. The molecule has 1 aromatic heterocycles. The summed E-state index contributed by atoms with van der Waals surface area (Å²) in [6.07, 6.45) is 0.163. The van der Waals surface area contributed by atoms with E-state index >= 15 is 0 Å². The Morgan fingerprint density at radius 1 is 1.06 bits per heavy atom. The molecule has 0 atom stereocenters. The maximum absolute atomic E-state index is 13.2. The summed E-state index contributed by atoms with van der Waals surface area (Å²) in [7, 11) is 1.58. The van der Waals surface area contributed by atoms with Crippen LogP contribution in [0.2, 0.25) is 0 Å². The van der Waals surface area contributed by atoms with Crippen LogP contribution in [-0.4, -0.2) is 34.3 Å². The van der Waals surface area contributed by atoms with Gasteiger partial charge in [0.05, 0.1) is 7.11 Å². The standard InChI is InChI=1S/C25H29N3O5/c1-16-6-5-7-17(2)24(16)27-23(30)14-28-22(26-18(3)21(12-13-29)25(28)31)15-33-20-10-8-19(32-4)9-11-20/h5-11,29H,12-15H2,1-4H3,(H,27,30). The maximum atomic E-state index is 13.2. The van der Waals surface area contributed by atoms with E-state index in [2.05, 4.69) is 10.3 Å². The van der Waals surface area contributed by atoms with E-state index in [4.69, 9.17) is 9.47 Å². The van der Waals surface area contributed by atoms with E-state index in [0.717, 1.165) is 16.8 Å². The molecule has 0 unspecified atom stereocenters. The van der Waals surface area contributed by atoms with Crippen molar-refractivity contribution >= 4 is 11.6 Å². The minimum Gasteiger partial charge on any atom is -0.497 e. The molecule has 0 bridgehead atoms. The van der Waals surface area contributed by atoms with Gasteiger partial charge in [-0.05, 0) is 56.2 Å². The van der Waals surface area contributed by atoms with Crippen LogP contribution in [0.15, 0.2) is 47.3 Å². The lowest BCUT2D eigenvalue weighted by Crippen LogP contribution is -2.35. The number of nitrogens with zero attached hydrogens (tertiary/aromatic N) is 2. The SMILES string of the molecule is COc1ccc(OCc2nc(C)c(CCO)c(=O)n2CC(=O)Nc2c(C)cccc2C)cc1. The fraction of sp³-hybridized carbons (Fsp3) is 0.320. The fourth-order valence-electron chi connectivity index (χ4n) is 3.58. The van der Waals surface area contributed by atoms with Crippen molar-refractivity contribution in [3.63, 3.8) is 0 Å². The molecule has 2 N–H and O–H groups in total. The van der Waals surface area contributed by atoms with Crippen molar-refractivity contribution in [2.24, 2.45) is 0 Å². The van der Waals surface area contributed by atoms with Gasteiger partial charge in [0.15, 0.2) is 0 Å². The summed E-state index contributed by atoms with van der Waals surface area (Å²) in [5.41, 5.74) is 3.12. The van der Waals surface area contributed by atoms with E-state index in [1.54, 1.807) is 38.3 Å². The zero-order chi connectivity index (χ0) is 24.0. The lowest BCUT2D eigenvalue weighted by Gasteiger charge is -2.17. The molecule has 33 heavy (non-hydrogen) atoms. The molecule has 8 nitrogen and oxygen atoms in total. The molecule has 0 spiro atoms. The fourth-order valence-corrected chi connectivity index (χ4v) is 3.58. The van der Waals surface area contributed by atoms with Crippen LogP contribution in [0.25, 0.3) is 0 Å². The van der Waals surface area contributed by atoms with Gasteiger partial charge in [0.2, 0.25) is 5.91 Å². The van der Waals surface area contributed by atoms with Gasteiger partial charge in [-0.3, -0.25) is 14.2 Å². The molecular formula is C25H29N3O5. The molecule has 0 saturated heterocycles. The molecular weight excluding hydrogens is 422 g/mol. The monoisotopic (exact) mass is 451 g/mol. The summed E-state index contributed by atoms with van der Waals surface area (Å²) in [6, 6.07) is 12.8. The van der Waals surface area contributed by atoms with E-state index in [0.29, 0.717) is 28.6 Å². The number of rotatable bonds is 9. The Morgan fingerprint density at radius 2 is 1.70 bits per heavy atom. The van der Waals surface area contributed by atoms with Crippen LogP contribution in [0.5, 0.6) is 11.5 Å². The first-order valence-electron chi connectivity index (χ1n) is 10.7. The molecule has 0 saturated carbocycles. The van der Waals surface area contributed by atoms with E-state index < -0.39 is 0 Å². The Balaban J connectivity index is 1.89. The summed E-state index contributed by atoms with van der Waals surface area (Å²) in [4.78, 5) is 30.6. The lowest BCUT2D eigenvalue weighted by atomic mass is 10.1. The Labute approximate surface area is 192 Å². The van der Waals surface area contributed by atoms with Crippen molar-refractivity contribution in [1.29, 1.82) is 0 Å². The van der Waals surface area contributed by atoms with E-state index in [-0.39, 0.29) is 37.6 Å². The van der Waals surface area contributed by atoms with E-state index in [1.807, 2.05) is 32.0 Å². The average molecular weight is 452 g/mol. The number of carbonyl (C=O) groups excluding carboxylic acids is 1. The van der Waals surface area contributed by atoms with Gasteiger partial charge in [-0.15, -0.1) is 0 Å². The quantitative estimate of drug-likeness (QED) is 0.519. The van der Waals surface area contributed by atoms with E-state index in [1.165, 1.54) is 4.57 Å². The highest BCUT2D eigenvalue weighted by molar-refractivity contribution is 5.92. The number of aromatic nitrogens is 2. The van der Waals surface area contributed by atoms with Crippen LogP contribution >= 0.6 is 0 Å². The number of hydrogen-bond acceptors (Lipinski definition) is 6. The normalized spacial score (nSPS) is 10.7. The third kappa shape index (κ3) is 5.78. The number of hydrogen-bond donors (Lipinski definition) is 2. The van der Waals surface area contributed by atoms with Crippen LogP contribution < -0.4 is 20.3 Å². The van der Waals surface area contributed by atoms with E-state index in [9.17, 15) is 14.7 Å². The summed E-state index contributed by atoms with van der Waals surface area (Å²) in [5.74, 6) is 1.26.